The number of carbonyl (C=O) groups excluding carboxylic acids is 1. The van der Waals surface area contributed by atoms with Crippen molar-refractivity contribution in [1.29, 1.82) is 0 Å². The molecular formula is C15H21ClN2O2. The molecule has 0 aliphatic carbocycles. The molecule has 1 amide bonds. The first kappa shape index (κ1) is 15.3. The maximum atomic E-state index is 11.5. The SMILES string of the molecule is CCCC(=O)Nc1ccc(CN2CCOCC2)c(Cl)c1. The largest absolute Gasteiger partial charge is 0.379 e. The van der Waals surface area contributed by atoms with E-state index in [2.05, 4.69) is 10.2 Å². The number of ether oxygens (including phenoxy) is 1. The van der Waals surface area contributed by atoms with Crippen molar-refractivity contribution in [2.24, 2.45) is 0 Å². The van der Waals surface area contributed by atoms with Crippen molar-refractivity contribution in [3.8, 4) is 0 Å². The van der Waals surface area contributed by atoms with Crippen molar-refractivity contribution >= 4 is 23.2 Å². The number of hydrogen-bond donors (Lipinski definition) is 1. The minimum atomic E-state index is 0.0319. The lowest BCUT2D eigenvalue weighted by molar-refractivity contribution is -0.116. The lowest BCUT2D eigenvalue weighted by atomic mass is 10.1. The third-order valence-corrected chi connectivity index (χ3v) is 3.66. The van der Waals surface area contributed by atoms with Crippen LogP contribution in [0, 0.1) is 0 Å². The van der Waals surface area contributed by atoms with E-state index in [0.717, 1.165) is 50.5 Å². The van der Waals surface area contributed by atoms with Crippen molar-refractivity contribution in [1.82, 2.24) is 4.90 Å². The van der Waals surface area contributed by atoms with Gasteiger partial charge in [0, 0.05) is 36.8 Å². The van der Waals surface area contributed by atoms with E-state index in [1.54, 1.807) is 0 Å². The second kappa shape index (κ2) is 7.62. The van der Waals surface area contributed by atoms with Crippen molar-refractivity contribution in [3.05, 3.63) is 28.8 Å². The Labute approximate surface area is 125 Å². The van der Waals surface area contributed by atoms with Crippen molar-refractivity contribution in [2.45, 2.75) is 26.3 Å². The van der Waals surface area contributed by atoms with Crippen molar-refractivity contribution in [3.63, 3.8) is 0 Å². The van der Waals surface area contributed by atoms with Gasteiger partial charge in [-0.05, 0) is 24.1 Å². The van der Waals surface area contributed by atoms with E-state index in [9.17, 15) is 4.79 Å². The Hall–Kier alpha value is -1.10. The fraction of sp³-hybridized carbons (Fsp3) is 0.533. The van der Waals surface area contributed by atoms with E-state index in [-0.39, 0.29) is 5.91 Å². The molecular weight excluding hydrogens is 276 g/mol. The third-order valence-electron chi connectivity index (χ3n) is 3.31. The summed E-state index contributed by atoms with van der Waals surface area (Å²) in [5.41, 5.74) is 1.85. The van der Waals surface area contributed by atoms with Gasteiger partial charge in [0.15, 0.2) is 0 Å². The molecule has 5 heteroatoms. The number of amides is 1. The number of morpholine rings is 1. The highest BCUT2D eigenvalue weighted by atomic mass is 35.5. The molecule has 1 heterocycles. The maximum absolute atomic E-state index is 11.5. The zero-order chi connectivity index (χ0) is 14.4. The van der Waals surface area contributed by atoms with Crippen LogP contribution in [-0.4, -0.2) is 37.1 Å². The normalized spacial score (nSPS) is 16.1. The zero-order valence-corrected chi connectivity index (χ0v) is 12.6. The fourth-order valence-corrected chi connectivity index (χ4v) is 2.44. The Kier molecular flexibility index (Phi) is 5.83. The number of anilines is 1. The molecule has 0 aromatic heterocycles. The summed E-state index contributed by atoms with van der Waals surface area (Å²) in [5, 5.41) is 3.56. The number of nitrogens with zero attached hydrogens (tertiary/aromatic N) is 1. The lowest BCUT2D eigenvalue weighted by Crippen LogP contribution is -2.35. The second-order valence-electron chi connectivity index (χ2n) is 4.99. The summed E-state index contributed by atoms with van der Waals surface area (Å²) in [6, 6.07) is 5.72. The van der Waals surface area contributed by atoms with Gasteiger partial charge in [-0.15, -0.1) is 0 Å². The highest BCUT2D eigenvalue weighted by Crippen LogP contribution is 2.23. The van der Waals surface area contributed by atoms with Crippen LogP contribution < -0.4 is 5.32 Å². The summed E-state index contributed by atoms with van der Waals surface area (Å²) in [6.45, 7) is 6.24. The topological polar surface area (TPSA) is 41.6 Å². The molecule has 0 spiro atoms. The van der Waals surface area contributed by atoms with E-state index in [1.165, 1.54) is 0 Å². The lowest BCUT2D eigenvalue weighted by Gasteiger charge is -2.27. The number of halogens is 1. The number of hydrogen-bond acceptors (Lipinski definition) is 3. The van der Waals surface area contributed by atoms with Gasteiger partial charge in [0.2, 0.25) is 5.91 Å². The van der Waals surface area contributed by atoms with Gasteiger partial charge < -0.3 is 10.1 Å². The van der Waals surface area contributed by atoms with Crippen LogP contribution in [0.5, 0.6) is 0 Å². The molecule has 2 rings (SSSR count). The average Bonchev–Trinajstić information content (AvgIpc) is 2.43. The van der Waals surface area contributed by atoms with E-state index in [1.807, 2.05) is 25.1 Å². The minimum absolute atomic E-state index is 0.0319. The Morgan fingerprint density at radius 2 is 2.15 bits per heavy atom. The summed E-state index contributed by atoms with van der Waals surface area (Å²) < 4.78 is 5.33. The molecule has 0 saturated carbocycles. The van der Waals surface area contributed by atoms with E-state index < -0.39 is 0 Å². The molecule has 0 atom stereocenters. The first-order valence-corrected chi connectivity index (χ1v) is 7.45. The Morgan fingerprint density at radius 1 is 1.40 bits per heavy atom. The smallest absolute Gasteiger partial charge is 0.224 e. The van der Waals surface area contributed by atoms with Gasteiger partial charge in [0.1, 0.15) is 0 Å². The Balaban J connectivity index is 1.96. The van der Waals surface area contributed by atoms with Gasteiger partial charge in [-0.25, -0.2) is 0 Å². The van der Waals surface area contributed by atoms with E-state index in [0.29, 0.717) is 11.4 Å². The average molecular weight is 297 g/mol. The molecule has 0 radical (unpaired) electrons. The standard InChI is InChI=1S/C15H21ClN2O2/c1-2-3-15(19)17-13-5-4-12(14(16)10-13)11-18-6-8-20-9-7-18/h4-5,10H,2-3,6-9,11H2,1H3,(H,17,19). The molecule has 1 aromatic carbocycles. The molecule has 0 bridgehead atoms. The van der Waals surface area contributed by atoms with Crippen LogP contribution in [0.3, 0.4) is 0 Å². The van der Waals surface area contributed by atoms with Crippen LogP contribution in [0.4, 0.5) is 5.69 Å². The summed E-state index contributed by atoms with van der Waals surface area (Å²) in [5.74, 6) is 0.0319. The molecule has 1 aromatic rings. The van der Waals surface area contributed by atoms with Gasteiger partial charge >= 0.3 is 0 Å². The molecule has 1 aliphatic heterocycles. The molecule has 1 saturated heterocycles. The summed E-state index contributed by atoms with van der Waals surface area (Å²) >= 11 is 6.30. The molecule has 1 fully saturated rings. The summed E-state index contributed by atoms with van der Waals surface area (Å²) in [6.07, 6.45) is 1.38. The molecule has 4 nitrogen and oxygen atoms in total. The number of nitrogens with one attached hydrogen (secondary N) is 1. The zero-order valence-electron chi connectivity index (χ0n) is 11.8. The third kappa shape index (κ3) is 4.47. The highest BCUT2D eigenvalue weighted by molar-refractivity contribution is 6.31. The van der Waals surface area contributed by atoms with Gasteiger partial charge in [-0.2, -0.15) is 0 Å². The van der Waals surface area contributed by atoms with Crippen molar-refractivity contribution in [2.75, 3.05) is 31.6 Å². The first-order chi connectivity index (χ1) is 9.69. The molecule has 1 N–H and O–H groups in total. The van der Waals surface area contributed by atoms with Crippen molar-refractivity contribution < 1.29 is 9.53 Å². The highest BCUT2D eigenvalue weighted by Gasteiger charge is 2.13. The first-order valence-electron chi connectivity index (χ1n) is 7.07. The second-order valence-corrected chi connectivity index (χ2v) is 5.40. The van der Waals surface area contributed by atoms with Crippen LogP contribution in [0.25, 0.3) is 0 Å². The number of rotatable bonds is 5. The Bertz CT molecular complexity index is 459. The fourth-order valence-electron chi connectivity index (χ4n) is 2.20. The molecule has 0 unspecified atom stereocenters. The molecule has 110 valence electrons. The molecule has 1 aliphatic rings. The molecule has 20 heavy (non-hydrogen) atoms. The quantitative estimate of drug-likeness (QED) is 0.908. The monoisotopic (exact) mass is 296 g/mol. The minimum Gasteiger partial charge on any atom is -0.379 e. The van der Waals surface area contributed by atoms with E-state index >= 15 is 0 Å². The summed E-state index contributed by atoms with van der Waals surface area (Å²) in [4.78, 5) is 13.9. The van der Waals surface area contributed by atoms with Gasteiger partial charge in [0.05, 0.1) is 13.2 Å². The van der Waals surface area contributed by atoms with Gasteiger partial charge in [-0.3, -0.25) is 9.69 Å². The predicted octanol–water partition coefficient (Wildman–Crippen LogP) is 2.91. The van der Waals surface area contributed by atoms with E-state index in [4.69, 9.17) is 16.3 Å². The van der Waals surface area contributed by atoms with Crippen LogP contribution in [0.15, 0.2) is 18.2 Å². The number of benzene rings is 1. The maximum Gasteiger partial charge on any atom is 0.224 e. The van der Waals surface area contributed by atoms with Gasteiger partial charge in [0.25, 0.3) is 0 Å². The van der Waals surface area contributed by atoms with Gasteiger partial charge in [-0.1, -0.05) is 24.6 Å². The summed E-state index contributed by atoms with van der Waals surface area (Å²) in [7, 11) is 0. The number of carbonyl (C=O) groups is 1. The van der Waals surface area contributed by atoms with Crippen LogP contribution in [0.2, 0.25) is 5.02 Å². The Morgan fingerprint density at radius 3 is 2.80 bits per heavy atom. The van der Waals surface area contributed by atoms with Crippen LogP contribution in [-0.2, 0) is 16.1 Å². The van der Waals surface area contributed by atoms with Crippen LogP contribution >= 0.6 is 11.6 Å². The predicted molar refractivity (Wildman–Crippen MR) is 81.1 cm³/mol. The van der Waals surface area contributed by atoms with Crippen LogP contribution in [0.1, 0.15) is 25.3 Å².